The van der Waals surface area contributed by atoms with Crippen LogP contribution in [0.15, 0.2) is 42.5 Å². The highest BCUT2D eigenvalue weighted by Gasteiger charge is 2.22. The Kier molecular flexibility index (Phi) is 5.65. The summed E-state index contributed by atoms with van der Waals surface area (Å²) >= 11 is 5.69. The fourth-order valence-corrected chi connectivity index (χ4v) is 2.21. The molecule has 6 nitrogen and oxygen atoms in total. The molecule has 0 N–H and O–H groups in total. The van der Waals surface area contributed by atoms with Gasteiger partial charge in [-0.05, 0) is 24.1 Å². The van der Waals surface area contributed by atoms with Crippen molar-refractivity contribution in [2.24, 2.45) is 0 Å². The quantitative estimate of drug-likeness (QED) is 0.343. The molecule has 7 heteroatoms. The van der Waals surface area contributed by atoms with Crippen molar-refractivity contribution >= 4 is 29.0 Å². The van der Waals surface area contributed by atoms with E-state index >= 15 is 0 Å². The average molecular weight is 348 g/mol. The third kappa shape index (κ3) is 4.17. The van der Waals surface area contributed by atoms with E-state index in [0.29, 0.717) is 5.56 Å². The van der Waals surface area contributed by atoms with Crippen molar-refractivity contribution in [3.63, 3.8) is 0 Å². The summed E-state index contributed by atoms with van der Waals surface area (Å²) in [5, 5.41) is 11.1. The molecule has 0 bridgehead atoms. The number of ketones is 1. The Morgan fingerprint density at radius 1 is 1.17 bits per heavy atom. The van der Waals surface area contributed by atoms with Gasteiger partial charge in [-0.2, -0.15) is 0 Å². The minimum absolute atomic E-state index is 0.130. The number of nitro groups is 1. The zero-order chi connectivity index (χ0) is 17.7. The van der Waals surface area contributed by atoms with E-state index in [2.05, 4.69) is 0 Å². The number of esters is 1. The molecule has 0 aromatic heterocycles. The molecule has 0 saturated carbocycles. The molecule has 0 spiro atoms. The van der Waals surface area contributed by atoms with E-state index in [1.54, 1.807) is 12.1 Å². The summed E-state index contributed by atoms with van der Waals surface area (Å²) in [7, 11) is 0. The summed E-state index contributed by atoms with van der Waals surface area (Å²) in [6.45, 7) is 1.50. The fraction of sp³-hybridized carbons (Fsp3) is 0.176. The maximum Gasteiger partial charge on any atom is 0.345 e. The molecule has 2 rings (SSSR count). The zero-order valence-electron chi connectivity index (χ0n) is 12.8. The second-order valence-corrected chi connectivity index (χ2v) is 5.40. The predicted molar refractivity (Wildman–Crippen MR) is 88.5 cm³/mol. The lowest BCUT2D eigenvalue weighted by Gasteiger charge is -2.06. The molecular weight excluding hydrogens is 334 g/mol. The highest BCUT2D eigenvalue weighted by atomic mass is 35.5. The second-order valence-electron chi connectivity index (χ2n) is 4.97. The van der Waals surface area contributed by atoms with Gasteiger partial charge in [0.1, 0.15) is 5.56 Å². The van der Waals surface area contributed by atoms with Gasteiger partial charge < -0.3 is 4.74 Å². The number of hydrogen-bond acceptors (Lipinski definition) is 5. The lowest BCUT2D eigenvalue weighted by molar-refractivity contribution is -0.385. The summed E-state index contributed by atoms with van der Waals surface area (Å²) in [4.78, 5) is 34.3. The number of halogens is 1. The van der Waals surface area contributed by atoms with Crippen LogP contribution in [0.25, 0.3) is 0 Å². The summed E-state index contributed by atoms with van der Waals surface area (Å²) < 4.78 is 4.90. The third-order valence-corrected chi connectivity index (χ3v) is 3.63. The van der Waals surface area contributed by atoms with Crippen LogP contribution < -0.4 is 0 Å². The summed E-state index contributed by atoms with van der Waals surface area (Å²) in [5.74, 6) is -1.33. The van der Waals surface area contributed by atoms with E-state index in [4.69, 9.17) is 16.3 Å². The maximum atomic E-state index is 12.0. The standard InChI is InChI=1S/C17H14ClNO5/c1-2-11-3-5-12(6-4-11)16(20)10-24-17(21)14-8-7-13(18)9-15(14)19(22)23/h3-9H,2,10H2,1H3. The van der Waals surface area contributed by atoms with E-state index in [1.807, 2.05) is 19.1 Å². The van der Waals surface area contributed by atoms with Crippen LogP contribution in [-0.2, 0) is 11.2 Å². The molecular formula is C17H14ClNO5. The molecule has 0 radical (unpaired) electrons. The fourth-order valence-electron chi connectivity index (χ4n) is 2.05. The van der Waals surface area contributed by atoms with Gasteiger partial charge in [-0.1, -0.05) is 42.8 Å². The van der Waals surface area contributed by atoms with Crippen molar-refractivity contribution in [3.8, 4) is 0 Å². The molecule has 0 aliphatic rings. The summed E-state index contributed by atoms with van der Waals surface area (Å²) in [6, 6.07) is 10.5. The molecule has 2 aromatic carbocycles. The number of aryl methyl sites for hydroxylation is 1. The van der Waals surface area contributed by atoms with Crippen molar-refractivity contribution < 1.29 is 19.2 Å². The molecule has 0 heterocycles. The van der Waals surface area contributed by atoms with E-state index in [-0.39, 0.29) is 16.4 Å². The lowest BCUT2D eigenvalue weighted by atomic mass is 10.1. The summed E-state index contributed by atoms with van der Waals surface area (Å²) in [5.41, 5.74) is 0.775. The number of Topliss-reactive ketones (excluding diaryl/α,β-unsaturated/α-hetero) is 1. The van der Waals surface area contributed by atoms with E-state index in [1.165, 1.54) is 12.1 Å². The summed E-state index contributed by atoms with van der Waals surface area (Å²) in [6.07, 6.45) is 0.851. The van der Waals surface area contributed by atoms with Crippen LogP contribution in [0.5, 0.6) is 0 Å². The van der Waals surface area contributed by atoms with Gasteiger partial charge in [0, 0.05) is 16.7 Å². The van der Waals surface area contributed by atoms with Gasteiger partial charge >= 0.3 is 5.97 Å². The monoisotopic (exact) mass is 347 g/mol. The van der Waals surface area contributed by atoms with Gasteiger partial charge in [0.25, 0.3) is 5.69 Å². The topological polar surface area (TPSA) is 86.5 Å². The van der Waals surface area contributed by atoms with Crippen molar-refractivity contribution in [1.82, 2.24) is 0 Å². The number of hydrogen-bond donors (Lipinski definition) is 0. The molecule has 24 heavy (non-hydrogen) atoms. The van der Waals surface area contributed by atoms with Crippen LogP contribution in [0, 0.1) is 10.1 Å². The van der Waals surface area contributed by atoms with Crippen LogP contribution in [0.2, 0.25) is 5.02 Å². The number of benzene rings is 2. The molecule has 124 valence electrons. The Hall–Kier alpha value is -2.73. The first kappa shape index (κ1) is 17.6. The van der Waals surface area contributed by atoms with Gasteiger partial charge in [0.05, 0.1) is 4.92 Å². The van der Waals surface area contributed by atoms with Gasteiger partial charge in [0.15, 0.2) is 12.4 Å². The molecule has 0 amide bonds. The molecule has 2 aromatic rings. The molecule has 0 fully saturated rings. The first-order valence-electron chi connectivity index (χ1n) is 7.15. The Bertz CT molecular complexity index is 786. The van der Waals surface area contributed by atoms with Crippen LogP contribution in [0.4, 0.5) is 5.69 Å². The first-order chi connectivity index (χ1) is 11.4. The second kappa shape index (κ2) is 7.70. The van der Waals surface area contributed by atoms with E-state index < -0.39 is 23.2 Å². The van der Waals surface area contributed by atoms with Crippen LogP contribution in [0.1, 0.15) is 33.2 Å². The van der Waals surface area contributed by atoms with Gasteiger partial charge in [-0.15, -0.1) is 0 Å². The lowest BCUT2D eigenvalue weighted by Crippen LogP contribution is -2.15. The van der Waals surface area contributed by atoms with Crippen molar-refractivity contribution in [3.05, 3.63) is 74.3 Å². The van der Waals surface area contributed by atoms with Gasteiger partial charge in [-0.3, -0.25) is 14.9 Å². The normalized spacial score (nSPS) is 10.2. The smallest absolute Gasteiger partial charge is 0.345 e. The van der Waals surface area contributed by atoms with E-state index in [9.17, 15) is 19.7 Å². The highest BCUT2D eigenvalue weighted by molar-refractivity contribution is 6.31. The predicted octanol–water partition coefficient (Wildman–Crippen LogP) is 3.85. The Labute approximate surface area is 143 Å². The highest BCUT2D eigenvalue weighted by Crippen LogP contribution is 2.24. The Morgan fingerprint density at radius 2 is 1.83 bits per heavy atom. The largest absolute Gasteiger partial charge is 0.454 e. The molecule has 0 unspecified atom stereocenters. The van der Waals surface area contributed by atoms with Gasteiger partial charge in [0.2, 0.25) is 0 Å². The minimum atomic E-state index is -0.947. The molecule has 0 atom stereocenters. The minimum Gasteiger partial charge on any atom is -0.454 e. The van der Waals surface area contributed by atoms with E-state index in [0.717, 1.165) is 18.1 Å². The van der Waals surface area contributed by atoms with Crippen molar-refractivity contribution in [1.29, 1.82) is 0 Å². The number of carbonyl (C=O) groups excluding carboxylic acids is 2. The number of nitro benzene ring substituents is 1. The molecule has 0 saturated heterocycles. The number of carbonyl (C=O) groups is 2. The average Bonchev–Trinajstić information content (AvgIpc) is 2.59. The number of ether oxygens (including phenoxy) is 1. The third-order valence-electron chi connectivity index (χ3n) is 3.39. The SMILES string of the molecule is CCc1ccc(C(=O)COC(=O)c2ccc(Cl)cc2[N+](=O)[O-])cc1. The van der Waals surface area contributed by atoms with Crippen LogP contribution in [0.3, 0.4) is 0 Å². The zero-order valence-corrected chi connectivity index (χ0v) is 13.6. The maximum absolute atomic E-state index is 12.0. The first-order valence-corrected chi connectivity index (χ1v) is 7.53. The molecule has 0 aliphatic heterocycles. The Balaban J connectivity index is 2.07. The van der Waals surface area contributed by atoms with Gasteiger partial charge in [-0.25, -0.2) is 4.79 Å². The Morgan fingerprint density at radius 3 is 2.42 bits per heavy atom. The molecule has 0 aliphatic carbocycles. The van der Waals surface area contributed by atoms with Crippen molar-refractivity contribution in [2.75, 3.05) is 6.61 Å². The number of nitrogens with zero attached hydrogens (tertiary/aromatic N) is 1. The van der Waals surface area contributed by atoms with Crippen LogP contribution >= 0.6 is 11.6 Å². The van der Waals surface area contributed by atoms with Crippen molar-refractivity contribution in [2.45, 2.75) is 13.3 Å². The van der Waals surface area contributed by atoms with Crippen LogP contribution in [-0.4, -0.2) is 23.3 Å². The number of rotatable bonds is 6.